The molecule has 2 N–H and O–H groups in total. The van der Waals surface area contributed by atoms with Gasteiger partial charge < -0.3 is 10.2 Å². The number of Topliss-reactive ketones (excluding diaryl/α,β-unsaturated/α-hetero) is 1. The molecule has 4 aliphatic rings. The van der Waals surface area contributed by atoms with Gasteiger partial charge in [0.2, 0.25) is 0 Å². The molecule has 0 unspecified atom stereocenters. The first-order valence-corrected chi connectivity index (χ1v) is 9.80. The molecule has 0 aromatic carbocycles. The van der Waals surface area contributed by atoms with Crippen LogP contribution in [0.2, 0.25) is 0 Å². The van der Waals surface area contributed by atoms with Crippen molar-refractivity contribution in [1.82, 2.24) is 0 Å². The maximum atomic E-state index is 12.2. The number of aliphatic hydroxyl groups excluding tert-OH is 1. The molecule has 138 valence electrons. The number of ketones is 2. The van der Waals surface area contributed by atoms with Crippen LogP contribution in [0.25, 0.3) is 0 Å². The van der Waals surface area contributed by atoms with Crippen LogP contribution in [0.3, 0.4) is 0 Å². The summed E-state index contributed by atoms with van der Waals surface area (Å²) in [5.74, 6) is 1.05. The summed E-state index contributed by atoms with van der Waals surface area (Å²) in [5, 5.41) is 22.0. The minimum absolute atomic E-state index is 0.109. The summed E-state index contributed by atoms with van der Waals surface area (Å²) in [6.07, 6.45) is 6.39. The van der Waals surface area contributed by atoms with Crippen molar-refractivity contribution in [2.75, 3.05) is 0 Å². The third-order valence-corrected chi connectivity index (χ3v) is 8.71. The van der Waals surface area contributed by atoms with E-state index in [2.05, 4.69) is 13.8 Å². The first kappa shape index (κ1) is 17.4. The molecule has 25 heavy (non-hydrogen) atoms. The van der Waals surface area contributed by atoms with Crippen molar-refractivity contribution in [3.63, 3.8) is 0 Å². The predicted molar refractivity (Wildman–Crippen MR) is 93.7 cm³/mol. The Bertz CT molecular complexity index is 667. The van der Waals surface area contributed by atoms with Gasteiger partial charge in [-0.2, -0.15) is 0 Å². The molecule has 0 aliphatic heterocycles. The SMILES string of the molecule is CC(=O)[C@]1(O)CC[C@H]2[C@@H]3C[C@@H](O)C4=CC(=O)CC[C@]4(C)[C@H]3CC[C@@]21C. The van der Waals surface area contributed by atoms with Crippen LogP contribution in [0, 0.1) is 28.6 Å². The molecule has 0 aromatic heterocycles. The highest BCUT2D eigenvalue weighted by Gasteiger charge is 2.66. The standard InChI is InChI=1S/C21H30O4/c1-12(22)21(25)9-6-16-14-11-18(24)17-10-13(23)4-7-19(17,2)15(14)5-8-20(16,21)3/h10,14-16,18,24-25H,4-9,11H2,1-3H3/t14-,15+,16+,18-,19-,20+,21-/m1/s1. The molecule has 4 rings (SSSR count). The molecular formula is C21H30O4. The van der Waals surface area contributed by atoms with Gasteiger partial charge in [0.15, 0.2) is 11.6 Å². The van der Waals surface area contributed by atoms with Gasteiger partial charge in [-0.1, -0.05) is 13.8 Å². The number of aliphatic hydroxyl groups is 2. The van der Waals surface area contributed by atoms with Crippen LogP contribution in [-0.4, -0.2) is 33.5 Å². The monoisotopic (exact) mass is 346 g/mol. The van der Waals surface area contributed by atoms with Crippen molar-refractivity contribution in [2.24, 2.45) is 28.6 Å². The van der Waals surface area contributed by atoms with Crippen LogP contribution in [0.1, 0.15) is 65.7 Å². The maximum Gasteiger partial charge on any atom is 0.161 e. The van der Waals surface area contributed by atoms with Gasteiger partial charge in [0.05, 0.1) is 6.10 Å². The summed E-state index contributed by atoms with van der Waals surface area (Å²) in [7, 11) is 0. The van der Waals surface area contributed by atoms with Gasteiger partial charge in [-0.05, 0) is 80.3 Å². The Morgan fingerprint density at radius 3 is 2.52 bits per heavy atom. The molecule has 4 aliphatic carbocycles. The van der Waals surface area contributed by atoms with E-state index in [1.807, 2.05) is 0 Å². The summed E-state index contributed by atoms with van der Waals surface area (Å²) in [6, 6.07) is 0. The van der Waals surface area contributed by atoms with Crippen LogP contribution in [-0.2, 0) is 9.59 Å². The fourth-order valence-corrected chi connectivity index (χ4v) is 7.20. The van der Waals surface area contributed by atoms with Crippen molar-refractivity contribution in [2.45, 2.75) is 77.4 Å². The normalized spacial score (nSPS) is 52.0. The van der Waals surface area contributed by atoms with E-state index < -0.39 is 11.7 Å². The van der Waals surface area contributed by atoms with Crippen molar-refractivity contribution >= 4 is 11.6 Å². The summed E-state index contributed by atoms with van der Waals surface area (Å²) in [4.78, 5) is 24.1. The van der Waals surface area contributed by atoms with Gasteiger partial charge >= 0.3 is 0 Å². The Morgan fingerprint density at radius 2 is 1.84 bits per heavy atom. The Balaban J connectivity index is 1.73. The van der Waals surface area contributed by atoms with Gasteiger partial charge in [-0.15, -0.1) is 0 Å². The van der Waals surface area contributed by atoms with Gasteiger partial charge in [-0.25, -0.2) is 0 Å². The zero-order valence-electron chi connectivity index (χ0n) is 15.5. The number of hydrogen-bond donors (Lipinski definition) is 2. The van der Waals surface area contributed by atoms with Crippen LogP contribution in [0.4, 0.5) is 0 Å². The fraction of sp³-hybridized carbons (Fsp3) is 0.810. The van der Waals surface area contributed by atoms with Crippen molar-refractivity contribution in [3.05, 3.63) is 11.6 Å². The second-order valence-corrected chi connectivity index (χ2v) is 9.52. The molecule has 0 aromatic rings. The lowest BCUT2D eigenvalue weighted by Crippen LogP contribution is -2.58. The van der Waals surface area contributed by atoms with Crippen LogP contribution >= 0.6 is 0 Å². The van der Waals surface area contributed by atoms with Gasteiger partial charge in [-0.3, -0.25) is 9.59 Å². The first-order valence-electron chi connectivity index (χ1n) is 9.80. The molecule has 0 amide bonds. The molecule has 4 nitrogen and oxygen atoms in total. The van der Waals surface area contributed by atoms with Crippen molar-refractivity contribution in [3.8, 4) is 0 Å². The van der Waals surface area contributed by atoms with Crippen LogP contribution in [0.5, 0.6) is 0 Å². The van der Waals surface area contributed by atoms with E-state index >= 15 is 0 Å². The van der Waals surface area contributed by atoms with E-state index in [0.29, 0.717) is 31.1 Å². The van der Waals surface area contributed by atoms with Gasteiger partial charge in [0.1, 0.15) is 5.60 Å². The Labute approximate surface area is 149 Å². The fourth-order valence-electron chi connectivity index (χ4n) is 7.20. The zero-order valence-corrected chi connectivity index (χ0v) is 15.5. The lowest BCUT2D eigenvalue weighted by Gasteiger charge is -2.59. The highest BCUT2D eigenvalue weighted by Crippen LogP contribution is 2.67. The van der Waals surface area contributed by atoms with E-state index in [-0.39, 0.29) is 28.3 Å². The number of carbonyl (C=O) groups is 2. The highest BCUT2D eigenvalue weighted by atomic mass is 16.3. The van der Waals surface area contributed by atoms with E-state index in [1.165, 1.54) is 6.92 Å². The van der Waals surface area contributed by atoms with Gasteiger partial charge in [0.25, 0.3) is 0 Å². The molecule has 0 heterocycles. The molecule has 7 atom stereocenters. The van der Waals surface area contributed by atoms with Crippen molar-refractivity contribution in [1.29, 1.82) is 0 Å². The second-order valence-electron chi connectivity index (χ2n) is 9.52. The van der Waals surface area contributed by atoms with E-state index in [1.54, 1.807) is 6.08 Å². The van der Waals surface area contributed by atoms with Crippen LogP contribution in [0.15, 0.2) is 11.6 Å². The molecule has 0 spiro atoms. The van der Waals surface area contributed by atoms with E-state index in [9.17, 15) is 19.8 Å². The lowest BCUT2D eigenvalue weighted by atomic mass is 9.46. The Kier molecular flexibility index (Phi) is 3.66. The number of fused-ring (bicyclic) bond motifs is 5. The Morgan fingerprint density at radius 1 is 1.16 bits per heavy atom. The average Bonchev–Trinajstić information content (AvgIpc) is 2.83. The number of carbonyl (C=O) groups excluding carboxylic acids is 2. The second kappa shape index (κ2) is 5.26. The summed E-state index contributed by atoms with van der Waals surface area (Å²) >= 11 is 0. The largest absolute Gasteiger partial charge is 0.389 e. The topological polar surface area (TPSA) is 74.6 Å². The third-order valence-electron chi connectivity index (χ3n) is 8.71. The number of hydrogen-bond acceptors (Lipinski definition) is 4. The summed E-state index contributed by atoms with van der Waals surface area (Å²) < 4.78 is 0. The molecule has 0 bridgehead atoms. The first-order chi connectivity index (χ1) is 11.6. The quantitative estimate of drug-likeness (QED) is 0.766. The van der Waals surface area contributed by atoms with E-state index in [4.69, 9.17) is 0 Å². The maximum absolute atomic E-state index is 12.2. The zero-order chi connectivity index (χ0) is 18.2. The van der Waals surface area contributed by atoms with Crippen molar-refractivity contribution < 1.29 is 19.8 Å². The smallest absolute Gasteiger partial charge is 0.161 e. The summed E-state index contributed by atoms with van der Waals surface area (Å²) in [5.41, 5.74) is -0.780. The minimum atomic E-state index is -1.22. The van der Waals surface area contributed by atoms with E-state index in [0.717, 1.165) is 31.3 Å². The molecule has 3 fully saturated rings. The molecular weight excluding hydrogens is 316 g/mol. The highest BCUT2D eigenvalue weighted by molar-refractivity contribution is 5.92. The van der Waals surface area contributed by atoms with Gasteiger partial charge in [0, 0.05) is 11.8 Å². The number of rotatable bonds is 1. The Hall–Kier alpha value is -1.00. The predicted octanol–water partition coefficient (Wildman–Crippen LogP) is 2.81. The molecule has 0 radical (unpaired) electrons. The molecule has 4 heteroatoms. The molecule has 3 saturated carbocycles. The lowest BCUT2D eigenvalue weighted by molar-refractivity contribution is -0.162. The van der Waals surface area contributed by atoms with Crippen LogP contribution < -0.4 is 0 Å². The average molecular weight is 346 g/mol. The summed E-state index contributed by atoms with van der Waals surface area (Å²) in [6.45, 7) is 5.83. The molecule has 0 saturated heterocycles. The minimum Gasteiger partial charge on any atom is -0.389 e. The third kappa shape index (κ3) is 2.07.